The van der Waals surface area contributed by atoms with Gasteiger partial charge in [-0.2, -0.15) is 0 Å². The Morgan fingerprint density at radius 1 is 1.05 bits per heavy atom. The monoisotopic (exact) mass is 309 g/mol. The number of benzene rings is 1. The van der Waals surface area contributed by atoms with E-state index in [0.29, 0.717) is 6.07 Å². The van der Waals surface area contributed by atoms with Gasteiger partial charge in [-0.05, 0) is 23.8 Å². The second kappa shape index (κ2) is 7.56. The number of aromatic nitrogens is 1. The van der Waals surface area contributed by atoms with Gasteiger partial charge in [0, 0.05) is 18.5 Å². The Labute approximate surface area is 156 Å². The molecule has 0 amide bonds. The van der Waals surface area contributed by atoms with Gasteiger partial charge in [0.05, 0.1) is 5.82 Å². The van der Waals surface area contributed by atoms with E-state index in [1.165, 1.54) is 0 Å². The second-order valence-electron chi connectivity index (χ2n) is 3.90. The molecule has 0 spiro atoms. The average Bonchev–Trinajstić information content (AvgIpc) is 2.36. The van der Waals surface area contributed by atoms with Crippen LogP contribution in [0.15, 0.2) is 42.7 Å². The molecule has 0 aliphatic rings. The largest absolute Gasteiger partial charge is 1.00 e. The minimum atomic E-state index is -5.34. The molecule has 0 N–H and O–H groups in total. The zero-order valence-corrected chi connectivity index (χ0v) is 13.8. The van der Waals surface area contributed by atoms with Crippen LogP contribution in [0.3, 0.4) is 0 Å². The molecule has 2 nitrogen and oxygen atoms in total. The quantitative estimate of drug-likeness (QED) is 0.579. The molecule has 0 radical (unpaired) electrons. The first kappa shape index (κ1) is 17.6. The third-order valence-electron chi connectivity index (χ3n) is 2.48. The molecule has 20 heavy (non-hydrogen) atoms. The van der Waals surface area contributed by atoms with Gasteiger partial charge in [-0.1, -0.05) is 11.5 Å². The van der Waals surface area contributed by atoms with Gasteiger partial charge in [0.1, 0.15) is 12.4 Å². The van der Waals surface area contributed by atoms with Crippen molar-refractivity contribution in [3.8, 4) is 5.75 Å². The van der Waals surface area contributed by atoms with Gasteiger partial charge >= 0.3 is 58.4 Å². The molecule has 2 rings (SSSR count). The van der Waals surface area contributed by atoms with Crippen LogP contribution in [0.1, 0.15) is 5.56 Å². The molecule has 1 aromatic heterocycles. The Bertz CT molecular complexity index is 565. The molecular formula is C12H9BF4KNO. The van der Waals surface area contributed by atoms with Crippen LogP contribution < -0.4 is 61.6 Å². The Balaban J connectivity index is 0.00000200. The van der Waals surface area contributed by atoms with Crippen molar-refractivity contribution in [1.29, 1.82) is 0 Å². The number of hydrogen-bond donors (Lipinski definition) is 0. The third-order valence-corrected chi connectivity index (χ3v) is 2.48. The molecular weight excluding hydrogens is 300 g/mol. The molecule has 100 valence electrons. The van der Waals surface area contributed by atoms with Crippen molar-refractivity contribution in [2.45, 2.75) is 6.61 Å². The predicted molar refractivity (Wildman–Crippen MR) is 63.7 cm³/mol. The summed E-state index contributed by atoms with van der Waals surface area (Å²) in [4.78, 5) is 3.81. The molecule has 0 bridgehead atoms. The molecule has 0 saturated carbocycles. The van der Waals surface area contributed by atoms with Gasteiger partial charge in [-0.25, -0.2) is 4.39 Å². The fourth-order valence-corrected chi connectivity index (χ4v) is 1.51. The van der Waals surface area contributed by atoms with E-state index in [1.54, 1.807) is 24.5 Å². The van der Waals surface area contributed by atoms with Crippen molar-refractivity contribution in [2.24, 2.45) is 0 Å². The maximum atomic E-state index is 13.3. The molecule has 0 aliphatic carbocycles. The van der Waals surface area contributed by atoms with Crippen molar-refractivity contribution in [1.82, 2.24) is 4.98 Å². The summed E-state index contributed by atoms with van der Waals surface area (Å²) in [5.41, 5.74) is -0.448. The summed E-state index contributed by atoms with van der Waals surface area (Å²) in [6, 6.07) is 5.94. The molecule has 0 aliphatic heterocycles. The summed E-state index contributed by atoms with van der Waals surface area (Å²) in [6.45, 7) is -5.20. The van der Waals surface area contributed by atoms with Crippen molar-refractivity contribution >= 4 is 12.4 Å². The van der Waals surface area contributed by atoms with Gasteiger partial charge in [-0.3, -0.25) is 4.98 Å². The van der Waals surface area contributed by atoms with Gasteiger partial charge in [0.25, 0.3) is 0 Å². The van der Waals surface area contributed by atoms with Crippen molar-refractivity contribution < 1.29 is 73.5 Å². The van der Waals surface area contributed by atoms with E-state index in [9.17, 15) is 17.3 Å². The fraction of sp³-hybridized carbons (Fsp3) is 0.0833. The second-order valence-corrected chi connectivity index (χ2v) is 3.90. The first-order valence-electron chi connectivity index (χ1n) is 5.48. The standard InChI is InChI=1S/C12H9BF4NO.K/c14-12-7-10(1-2-11(12)13(15,16)17)19-8-9-3-5-18-6-4-9;/h1-7H,8H2;/q-1;+1. The summed E-state index contributed by atoms with van der Waals surface area (Å²) in [5, 5.41) is 0. The van der Waals surface area contributed by atoms with E-state index in [0.717, 1.165) is 17.7 Å². The zero-order valence-electron chi connectivity index (χ0n) is 10.7. The minimum absolute atomic E-state index is 0. The topological polar surface area (TPSA) is 22.1 Å². The number of rotatable bonds is 4. The van der Waals surface area contributed by atoms with Crippen LogP contribution >= 0.6 is 0 Å². The molecule has 1 heterocycles. The normalized spacial score (nSPS) is 10.8. The van der Waals surface area contributed by atoms with Gasteiger partial charge < -0.3 is 17.7 Å². The number of pyridine rings is 1. The Hall–Kier alpha value is -0.409. The maximum absolute atomic E-state index is 13.3. The Kier molecular flexibility index (Phi) is 6.67. The SMILES string of the molecule is Fc1cc(OCc2ccncc2)ccc1[B-](F)(F)F.[K+]. The van der Waals surface area contributed by atoms with Crippen molar-refractivity contribution in [3.63, 3.8) is 0 Å². The maximum Gasteiger partial charge on any atom is 1.00 e. The molecule has 0 atom stereocenters. The minimum Gasteiger partial charge on any atom is -0.489 e. The summed E-state index contributed by atoms with van der Waals surface area (Å²) in [6.07, 6.45) is 3.13. The summed E-state index contributed by atoms with van der Waals surface area (Å²) in [7, 11) is 0. The number of ether oxygens (including phenoxy) is 1. The van der Waals surface area contributed by atoms with Crippen LogP contribution in [0.2, 0.25) is 0 Å². The first-order valence-corrected chi connectivity index (χ1v) is 5.48. The molecule has 1 aromatic carbocycles. The number of nitrogens with zero attached hydrogens (tertiary/aromatic N) is 1. The predicted octanol–water partition coefficient (Wildman–Crippen LogP) is -0.142. The average molecular weight is 309 g/mol. The Morgan fingerprint density at radius 2 is 1.70 bits per heavy atom. The van der Waals surface area contributed by atoms with Crippen LogP contribution in [0, 0.1) is 5.82 Å². The van der Waals surface area contributed by atoms with E-state index in [-0.39, 0.29) is 63.7 Å². The molecule has 0 saturated heterocycles. The summed E-state index contributed by atoms with van der Waals surface area (Å²) in [5.74, 6) is -1.27. The summed E-state index contributed by atoms with van der Waals surface area (Å²) >= 11 is 0. The van der Waals surface area contributed by atoms with E-state index in [2.05, 4.69) is 4.98 Å². The van der Waals surface area contributed by atoms with Crippen LogP contribution in [0.25, 0.3) is 0 Å². The fourth-order valence-electron chi connectivity index (χ4n) is 1.51. The van der Waals surface area contributed by atoms with E-state index in [4.69, 9.17) is 4.74 Å². The molecule has 0 fully saturated rings. The van der Waals surface area contributed by atoms with Crippen LogP contribution in [-0.2, 0) is 6.61 Å². The van der Waals surface area contributed by atoms with E-state index < -0.39 is 18.3 Å². The summed E-state index contributed by atoms with van der Waals surface area (Å²) < 4.78 is 55.7. The van der Waals surface area contributed by atoms with Crippen LogP contribution in [-0.4, -0.2) is 12.0 Å². The van der Waals surface area contributed by atoms with E-state index >= 15 is 0 Å². The third kappa shape index (κ3) is 4.85. The van der Waals surface area contributed by atoms with Crippen LogP contribution in [0.5, 0.6) is 5.75 Å². The first-order chi connectivity index (χ1) is 8.97. The Morgan fingerprint density at radius 3 is 2.25 bits per heavy atom. The molecule has 0 unspecified atom stereocenters. The van der Waals surface area contributed by atoms with Gasteiger partial charge in [0.15, 0.2) is 0 Å². The molecule has 2 aromatic rings. The van der Waals surface area contributed by atoms with Crippen molar-refractivity contribution in [3.05, 3.63) is 54.1 Å². The number of hydrogen-bond acceptors (Lipinski definition) is 2. The van der Waals surface area contributed by atoms with Gasteiger partial charge in [-0.15, -0.1) is 0 Å². The smallest absolute Gasteiger partial charge is 0.489 e. The van der Waals surface area contributed by atoms with Gasteiger partial charge in [0.2, 0.25) is 0 Å². The van der Waals surface area contributed by atoms with Crippen LogP contribution in [0.4, 0.5) is 17.3 Å². The van der Waals surface area contributed by atoms with Crippen molar-refractivity contribution in [2.75, 3.05) is 0 Å². The number of halogens is 4. The molecule has 8 heteroatoms. The zero-order chi connectivity index (χ0) is 13.9. The van der Waals surface area contributed by atoms with E-state index in [1.807, 2.05) is 0 Å².